The number of esters is 1. The molecule has 0 aromatic heterocycles. The minimum absolute atomic E-state index is 0.00310. The predicted molar refractivity (Wildman–Crippen MR) is 113 cm³/mol. The van der Waals surface area contributed by atoms with Gasteiger partial charge in [-0.15, -0.1) is 0 Å². The number of carbonyl (C=O) groups excluding carboxylic acids is 1. The Balaban J connectivity index is 1.98. The fourth-order valence-electron chi connectivity index (χ4n) is 2.93. The maximum absolute atomic E-state index is 12.9. The zero-order chi connectivity index (χ0) is 22.9. The number of rotatable bonds is 12. The molecule has 1 aliphatic heterocycles. The molecule has 31 heavy (non-hydrogen) atoms. The van der Waals surface area contributed by atoms with Crippen LogP contribution in [0.15, 0.2) is 53.7 Å². The number of aliphatic hydroxyl groups is 1. The van der Waals surface area contributed by atoms with Crippen molar-refractivity contribution < 1.29 is 37.3 Å². The van der Waals surface area contributed by atoms with E-state index in [1.165, 1.54) is 25.3 Å². The zero-order valence-electron chi connectivity index (χ0n) is 17.7. The van der Waals surface area contributed by atoms with Crippen molar-refractivity contribution in [3.8, 4) is 5.75 Å². The van der Waals surface area contributed by atoms with Crippen LogP contribution in [0.3, 0.4) is 0 Å². The molecule has 0 bridgehead atoms. The van der Waals surface area contributed by atoms with Crippen molar-refractivity contribution in [1.82, 2.24) is 4.31 Å². The van der Waals surface area contributed by atoms with Crippen molar-refractivity contribution in [2.75, 3.05) is 40.0 Å². The smallest absolute Gasteiger partial charge is 0.373 e. The Bertz CT molecular complexity index is 866. The summed E-state index contributed by atoms with van der Waals surface area (Å²) in [5.41, 5.74) is 0. The number of sulfonamides is 1. The van der Waals surface area contributed by atoms with E-state index in [-0.39, 0.29) is 49.5 Å². The highest BCUT2D eigenvalue weighted by Crippen LogP contribution is 2.24. The third-order valence-electron chi connectivity index (χ3n) is 4.48. The molecule has 10 heteroatoms. The highest BCUT2D eigenvalue weighted by molar-refractivity contribution is 7.89. The van der Waals surface area contributed by atoms with Gasteiger partial charge < -0.3 is 24.1 Å². The molecule has 1 aromatic carbocycles. The summed E-state index contributed by atoms with van der Waals surface area (Å²) in [6.07, 6.45) is 2.91. The Hall–Kier alpha value is -2.40. The molecular formula is C21H29NO8S. The summed E-state index contributed by atoms with van der Waals surface area (Å²) in [5.74, 6) is 0.00403. The lowest BCUT2D eigenvalue weighted by atomic mass is 10.0. The Morgan fingerprint density at radius 1 is 1.32 bits per heavy atom. The molecule has 9 nitrogen and oxygen atoms in total. The summed E-state index contributed by atoms with van der Waals surface area (Å²) in [6.45, 7) is 5.06. The summed E-state index contributed by atoms with van der Waals surface area (Å²) in [6, 6.07) is 5.99. The highest BCUT2D eigenvalue weighted by Gasteiger charge is 2.28. The summed E-state index contributed by atoms with van der Waals surface area (Å²) < 4.78 is 48.2. The van der Waals surface area contributed by atoms with Crippen molar-refractivity contribution in [3.05, 3.63) is 48.8 Å². The largest absolute Gasteiger partial charge is 0.497 e. The number of methoxy groups -OCH3 is 1. The van der Waals surface area contributed by atoms with Crippen molar-refractivity contribution >= 4 is 16.0 Å². The van der Waals surface area contributed by atoms with Gasteiger partial charge in [-0.2, -0.15) is 4.31 Å². The van der Waals surface area contributed by atoms with Gasteiger partial charge in [0.25, 0.3) is 0 Å². The zero-order valence-corrected chi connectivity index (χ0v) is 18.5. The lowest BCUT2D eigenvalue weighted by Gasteiger charge is -2.28. The van der Waals surface area contributed by atoms with Gasteiger partial charge in [-0.25, -0.2) is 13.2 Å². The molecule has 1 aromatic rings. The second-order valence-electron chi connectivity index (χ2n) is 6.85. The first kappa shape index (κ1) is 24.9. The summed E-state index contributed by atoms with van der Waals surface area (Å²) in [4.78, 5) is 12.1. The van der Waals surface area contributed by atoms with Crippen LogP contribution in [0.4, 0.5) is 0 Å². The molecule has 0 unspecified atom stereocenters. The number of aliphatic hydroxyl groups excluding tert-OH is 1. The van der Waals surface area contributed by atoms with E-state index < -0.39 is 22.3 Å². The Labute approximate surface area is 182 Å². The molecule has 1 N–H and O–H groups in total. The SMILES string of the molecule is C=CCOC(=O)C1=C[C@@H](C)C[C@@H](OCCN(CCO)S(=O)(=O)c2ccc(OC)cc2)O1. The first-order chi connectivity index (χ1) is 14.8. The second-order valence-corrected chi connectivity index (χ2v) is 8.79. The summed E-state index contributed by atoms with van der Waals surface area (Å²) in [5, 5.41) is 9.32. The third-order valence-corrected chi connectivity index (χ3v) is 6.40. The topological polar surface area (TPSA) is 112 Å². The molecule has 0 saturated heterocycles. The van der Waals surface area contributed by atoms with Crippen LogP contribution in [0.5, 0.6) is 5.75 Å². The average molecular weight is 456 g/mol. The standard InChI is InChI=1S/C21H29NO8S/c1-4-12-29-21(24)19-14-16(2)15-20(30-19)28-13-10-22(9-11-23)31(25,26)18-7-5-17(27-3)6-8-18/h4-8,14,16,20,23H,1,9-13,15H2,2-3H3/t16-,20+/m1/s1. The van der Waals surface area contributed by atoms with Gasteiger partial charge >= 0.3 is 5.97 Å². The monoisotopic (exact) mass is 455 g/mol. The van der Waals surface area contributed by atoms with E-state index >= 15 is 0 Å². The second kappa shape index (κ2) is 11.8. The van der Waals surface area contributed by atoms with Crippen LogP contribution in [-0.2, 0) is 29.0 Å². The van der Waals surface area contributed by atoms with Crippen molar-refractivity contribution in [3.63, 3.8) is 0 Å². The molecular weight excluding hydrogens is 426 g/mol. The van der Waals surface area contributed by atoms with E-state index in [0.29, 0.717) is 12.2 Å². The first-order valence-corrected chi connectivity index (χ1v) is 11.3. The van der Waals surface area contributed by atoms with E-state index in [9.17, 15) is 18.3 Å². The van der Waals surface area contributed by atoms with Crippen molar-refractivity contribution in [2.24, 2.45) is 5.92 Å². The van der Waals surface area contributed by atoms with Gasteiger partial charge in [0.1, 0.15) is 12.4 Å². The first-order valence-electron chi connectivity index (χ1n) is 9.85. The maximum Gasteiger partial charge on any atom is 0.373 e. The fraction of sp³-hybridized carbons (Fsp3) is 0.476. The summed E-state index contributed by atoms with van der Waals surface area (Å²) in [7, 11) is -2.34. The predicted octanol–water partition coefficient (Wildman–Crippen LogP) is 1.69. The maximum atomic E-state index is 12.9. The quantitative estimate of drug-likeness (QED) is 0.374. The summed E-state index contributed by atoms with van der Waals surface area (Å²) >= 11 is 0. The molecule has 0 fully saturated rings. The van der Waals surface area contributed by atoms with Crippen LogP contribution in [0.25, 0.3) is 0 Å². The van der Waals surface area contributed by atoms with E-state index in [1.54, 1.807) is 18.2 Å². The molecule has 0 aliphatic carbocycles. The number of hydrogen-bond acceptors (Lipinski definition) is 8. The number of ether oxygens (including phenoxy) is 4. The third kappa shape index (κ3) is 7.06. The van der Waals surface area contributed by atoms with Crippen molar-refractivity contribution in [2.45, 2.75) is 24.5 Å². The van der Waals surface area contributed by atoms with E-state index in [4.69, 9.17) is 18.9 Å². The molecule has 1 aliphatic rings. The van der Waals surface area contributed by atoms with Crippen molar-refractivity contribution in [1.29, 1.82) is 0 Å². The lowest BCUT2D eigenvalue weighted by molar-refractivity contribution is -0.162. The number of hydrogen-bond donors (Lipinski definition) is 1. The van der Waals surface area contributed by atoms with Crippen LogP contribution in [0, 0.1) is 5.92 Å². The molecule has 0 saturated carbocycles. The molecule has 2 atom stereocenters. The van der Waals surface area contributed by atoms with E-state index in [0.717, 1.165) is 4.31 Å². The fourth-order valence-corrected chi connectivity index (χ4v) is 4.34. The average Bonchev–Trinajstić information content (AvgIpc) is 2.76. The molecule has 0 spiro atoms. The van der Waals surface area contributed by atoms with Gasteiger partial charge in [0.2, 0.25) is 22.1 Å². The Kier molecular flexibility index (Phi) is 9.50. The van der Waals surface area contributed by atoms with Gasteiger partial charge in [0, 0.05) is 19.5 Å². The minimum Gasteiger partial charge on any atom is -0.497 e. The molecule has 172 valence electrons. The van der Waals surface area contributed by atoms with Crippen LogP contribution in [0.1, 0.15) is 13.3 Å². The Morgan fingerprint density at radius 2 is 2.03 bits per heavy atom. The van der Waals surface area contributed by atoms with Crippen LogP contribution in [0.2, 0.25) is 0 Å². The van der Waals surface area contributed by atoms with Gasteiger partial charge in [-0.3, -0.25) is 0 Å². The minimum atomic E-state index is -3.83. The van der Waals surface area contributed by atoms with Gasteiger partial charge in [0.15, 0.2) is 0 Å². The van der Waals surface area contributed by atoms with Crippen LogP contribution >= 0.6 is 0 Å². The number of allylic oxidation sites excluding steroid dienone is 1. The normalized spacial score (nSPS) is 18.8. The van der Waals surface area contributed by atoms with Gasteiger partial charge in [-0.1, -0.05) is 19.6 Å². The molecule has 0 radical (unpaired) electrons. The number of benzene rings is 1. The van der Waals surface area contributed by atoms with Crippen LogP contribution < -0.4 is 4.74 Å². The molecule has 2 rings (SSSR count). The Morgan fingerprint density at radius 3 is 2.65 bits per heavy atom. The van der Waals surface area contributed by atoms with Crippen LogP contribution in [-0.4, -0.2) is 70.1 Å². The molecule has 0 amide bonds. The number of carbonyl (C=O) groups is 1. The lowest BCUT2D eigenvalue weighted by Crippen LogP contribution is -2.37. The van der Waals surface area contributed by atoms with Gasteiger partial charge in [-0.05, 0) is 36.3 Å². The van der Waals surface area contributed by atoms with E-state index in [1.807, 2.05) is 6.92 Å². The van der Waals surface area contributed by atoms with E-state index in [2.05, 4.69) is 6.58 Å². The number of nitrogens with zero attached hydrogens (tertiary/aromatic N) is 1. The molecule has 1 heterocycles. The highest BCUT2D eigenvalue weighted by atomic mass is 32.2. The van der Waals surface area contributed by atoms with Gasteiger partial charge in [0.05, 0.1) is 25.2 Å².